The van der Waals surface area contributed by atoms with Gasteiger partial charge in [0, 0.05) is 18.1 Å². The Bertz CT molecular complexity index is 543. The normalized spacial score (nSPS) is 10.6. The van der Waals surface area contributed by atoms with Crippen LogP contribution in [0.4, 0.5) is 4.39 Å². The average molecular weight is 284 g/mol. The maximum atomic E-state index is 13.2. The largest absolute Gasteiger partial charge is 0.309 e. The van der Waals surface area contributed by atoms with E-state index >= 15 is 0 Å². The van der Waals surface area contributed by atoms with Crippen LogP contribution in [0.25, 0.3) is 0 Å². The standard InChI is InChI=1S/C14H12Cl2FN/c15-12-3-1-2-10(6-12)8-18-9-11-4-5-13(16)14(17)7-11/h1-7,18H,8-9H2. The highest BCUT2D eigenvalue weighted by molar-refractivity contribution is 6.30. The van der Waals surface area contributed by atoms with Gasteiger partial charge in [-0.2, -0.15) is 0 Å². The molecule has 0 spiro atoms. The van der Waals surface area contributed by atoms with Gasteiger partial charge in [-0.1, -0.05) is 41.4 Å². The van der Waals surface area contributed by atoms with Gasteiger partial charge in [0.05, 0.1) is 5.02 Å². The predicted octanol–water partition coefficient (Wildman–Crippen LogP) is 4.42. The number of rotatable bonds is 4. The summed E-state index contributed by atoms with van der Waals surface area (Å²) in [6, 6.07) is 12.4. The molecule has 0 aromatic heterocycles. The van der Waals surface area contributed by atoms with Crippen LogP contribution >= 0.6 is 23.2 Å². The quantitative estimate of drug-likeness (QED) is 0.876. The summed E-state index contributed by atoms with van der Waals surface area (Å²) in [5.74, 6) is -0.390. The second-order valence-corrected chi connectivity index (χ2v) is 4.83. The van der Waals surface area contributed by atoms with Crippen LogP contribution in [0.3, 0.4) is 0 Å². The Balaban J connectivity index is 1.90. The molecule has 0 bridgehead atoms. The van der Waals surface area contributed by atoms with E-state index in [-0.39, 0.29) is 5.02 Å². The SMILES string of the molecule is Fc1cc(CNCc2cccc(Cl)c2)ccc1Cl. The van der Waals surface area contributed by atoms with Crippen molar-refractivity contribution in [3.8, 4) is 0 Å². The molecule has 2 aromatic carbocycles. The first-order valence-corrected chi connectivity index (χ1v) is 6.30. The Morgan fingerprint density at radius 2 is 1.67 bits per heavy atom. The number of nitrogens with one attached hydrogen (secondary N) is 1. The monoisotopic (exact) mass is 283 g/mol. The first-order valence-electron chi connectivity index (χ1n) is 5.54. The van der Waals surface area contributed by atoms with Crippen molar-refractivity contribution < 1.29 is 4.39 Å². The molecule has 0 unspecified atom stereocenters. The van der Waals surface area contributed by atoms with Crippen molar-refractivity contribution in [2.24, 2.45) is 0 Å². The summed E-state index contributed by atoms with van der Waals surface area (Å²) in [5, 5.41) is 4.08. The molecule has 0 heterocycles. The minimum Gasteiger partial charge on any atom is -0.309 e. The summed E-state index contributed by atoms with van der Waals surface area (Å²) in [7, 11) is 0. The average Bonchev–Trinajstić information content (AvgIpc) is 2.34. The molecule has 0 aliphatic rings. The van der Waals surface area contributed by atoms with Crippen LogP contribution in [0.5, 0.6) is 0 Å². The molecule has 0 amide bonds. The van der Waals surface area contributed by atoms with Gasteiger partial charge >= 0.3 is 0 Å². The first kappa shape index (κ1) is 13.3. The lowest BCUT2D eigenvalue weighted by atomic mass is 10.2. The van der Waals surface area contributed by atoms with Gasteiger partial charge in [-0.15, -0.1) is 0 Å². The van der Waals surface area contributed by atoms with Gasteiger partial charge < -0.3 is 5.32 Å². The molecular formula is C14H12Cl2FN. The lowest BCUT2D eigenvalue weighted by molar-refractivity contribution is 0.620. The van der Waals surface area contributed by atoms with Crippen LogP contribution in [0.1, 0.15) is 11.1 Å². The predicted molar refractivity (Wildman–Crippen MR) is 73.4 cm³/mol. The highest BCUT2D eigenvalue weighted by Crippen LogP contribution is 2.15. The molecule has 0 atom stereocenters. The molecule has 0 fully saturated rings. The third-order valence-corrected chi connectivity index (χ3v) is 3.07. The van der Waals surface area contributed by atoms with Crippen LogP contribution in [-0.2, 0) is 13.1 Å². The van der Waals surface area contributed by atoms with E-state index in [1.165, 1.54) is 6.07 Å². The fraction of sp³-hybridized carbons (Fsp3) is 0.143. The molecule has 2 rings (SSSR count). The Kier molecular flexibility index (Phi) is 4.59. The highest BCUT2D eigenvalue weighted by atomic mass is 35.5. The van der Waals surface area contributed by atoms with Gasteiger partial charge in [0.25, 0.3) is 0 Å². The molecule has 0 aliphatic carbocycles. The minimum absolute atomic E-state index is 0.147. The van der Waals surface area contributed by atoms with Crippen molar-refractivity contribution in [2.45, 2.75) is 13.1 Å². The topological polar surface area (TPSA) is 12.0 Å². The van der Waals surface area contributed by atoms with Gasteiger partial charge in [-0.25, -0.2) is 4.39 Å². The number of hydrogen-bond acceptors (Lipinski definition) is 1. The molecule has 18 heavy (non-hydrogen) atoms. The van der Waals surface area contributed by atoms with E-state index in [2.05, 4.69) is 5.32 Å². The van der Waals surface area contributed by atoms with Gasteiger partial charge in [0.15, 0.2) is 0 Å². The van der Waals surface area contributed by atoms with Crippen LogP contribution in [0, 0.1) is 5.82 Å². The molecule has 1 nitrogen and oxygen atoms in total. The van der Waals surface area contributed by atoms with Crippen LogP contribution in [0.15, 0.2) is 42.5 Å². The van der Waals surface area contributed by atoms with E-state index in [1.54, 1.807) is 12.1 Å². The number of hydrogen-bond donors (Lipinski definition) is 1. The summed E-state index contributed by atoms with van der Waals surface area (Å²) in [6.45, 7) is 1.27. The zero-order valence-electron chi connectivity index (χ0n) is 9.59. The maximum Gasteiger partial charge on any atom is 0.142 e. The molecule has 94 valence electrons. The van der Waals surface area contributed by atoms with Crippen molar-refractivity contribution in [3.63, 3.8) is 0 Å². The lowest BCUT2D eigenvalue weighted by Gasteiger charge is -2.06. The summed E-state index contributed by atoms with van der Waals surface area (Å²) < 4.78 is 13.2. The first-order chi connectivity index (χ1) is 8.65. The van der Waals surface area contributed by atoms with Crippen molar-refractivity contribution in [1.29, 1.82) is 0 Å². The number of halogens is 3. The molecule has 0 radical (unpaired) electrons. The van der Waals surface area contributed by atoms with Gasteiger partial charge in [-0.05, 0) is 35.4 Å². The Morgan fingerprint density at radius 3 is 2.33 bits per heavy atom. The Labute approximate surface area is 116 Å². The van der Waals surface area contributed by atoms with Crippen molar-refractivity contribution >= 4 is 23.2 Å². The molecule has 2 aromatic rings. The fourth-order valence-electron chi connectivity index (χ4n) is 1.65. The summed E-state index contributed by atoms with van der Waals surface area (Å²) in [4.78, 5) is 0. The van der Waals surface area contributed by atoms with Crippen molar-refractivity contribution in [3.05, 3.63) is 69.5 Å². The van der Waals surface area contributed by atoms with Gasteiger partial charge in [-0.3, -0.25) is 0 Å². The smallest absolute Gasteiger partial charge is 0.142 e. The lowest BCUT2D eigenvalue weighted by Crippen LogP contribution is -2.12. The fourth-order valence-corrected chi connectivity index (χ4v) is 1.98. The zero-order chi connectivity index (χ0) is 13.0. The van der Waals surface area contributed by atoms with E-state index < -0.39 is 5.82 Å². The molecule has 1 N–H and O–H groups in total. The molecular weight excluding hydrogens is 272 g/mol. The van der Waals surface area contributed by atoms with E-state index in [1.807, 2.05) is 24.3 Å². The van der Waals surface area contributed by atoms with Crippen molar-refractivity contribution in [1.82, 2.24) is 5.32 Å². The Hall–Kier alpha value is -1.09. The summed E-state index contributed by atoms with van der Waals surface area (Å²) in [6.07, 6.45) is 0. The molecule has 4 heteroatoms. The summed E-state index contributed by atoms with van der Waals surface area (Å²) >= 11 is 11.5. The van der Waals surface area contributed by atoms with Gasteiger partial charge in [0.1, 0.15) is 5.82 Å². The van der Waals surface area contributed by atoms with E-state index in [9.17, 15) is 4.39 Å². The van der Waals surface area contributed by atoms with Gasteiger partial charge in [0.2, 0.25) is 0 Å². The maximum absolute atomic E-state index is 13.2. The van der Waals surface area contributed by atoms with Crippen LogP contribution in [0.2, 0.25) is 10.0 Å². The minimum atomic E-state index is -0.390. The van der Waals surface area contributed by atoms with E-state index in [0.717, 1.165) is 11.1 Å². The zero-order valence-corrected chi connectivity index (χ0v) is 11.1. The van der Waals surface area contributed by atoms with E-state index in [0.29, 0.717) is 18.1 Å². The Morgan fingerprint density at radius 1 is 0.944 bits per heavy atom. The summed E-state index contributed by atoms with van der Waals surface area (Å²) in [5.41, 5.74) is 1.95. The van der Waals surface area contributed by atoms with Crippen LogP contribution < -0.4 is 5.32 Å². The second-order valence-electron chi connectivity index (χ2n) is 3.98. The molecule has 0 saturated carbocycles. The molecule has 0 aliphatic heterocycles. The second kappa shape index (κ2) is 6.19. The van der Waals surface area contributed by atoms with Crippen LogP contribution in [-0.4, -0.2) is 0 Å². The van der Waals surface area contributed by atoms with E-state index in [4.69, 9.17) is 23.2 Å². The molecule has 0 saturated heterocycles. The third kappa shape index (κ3) is 3.70. The highest BCUT2D eigenvalue weighted by Gasteiger charge is 2.01. The van der Waals surface area contributed by atoms with Crippen molar-refractivity contribution in [2.75, 3.05) is 0 Å². The number of benzene rings is 2. The third-order valence-electron chi connectivity index (χ3n) is 2.53.